The van der Waals surface area contributed by atoms with E-state index in [9.17, 15) is 8.78 Å². The summed E-state index contributed by atoms with van der Waals surface area (Å²) in [6.45, 7) is 2.32. The lowest BCUT2D eigenvalue weighted by atomic mass is 10.1. The Morgan fingerprint density at radius 3 is 2.37 bits per heavy atom. The van der Waals surface area contributed by atoms with E-state index >= 15 is 0 Å². The minimum absolute atomic E-state index is 0.0337. The summed E-state index contributed by atoms with van der Waals surface area (Å²) in [5.74, 6) is -1.06. The molecule has 0 saturated carbocycles. The van der Waals surface area contributed by atoms with Crippen LogP contribution < -0.4 is 5.73 Å². The van der Waals surface area contributed by atoms with E-state index in [0.717, 1.165) is 22.2 Å². The molecule has 0 atom stereocenters. The molecular weight excluding hydrogens is 264 g/mol. The lowest BCUT2D eigenvalue weighted by molar-refractivity contribution is 0.537. The highest BCUT2D eigenvalue weighted by atomic mass is 32.2. The quantitative estimate of drug-likeness (QED) is 0.917. The van der Waals surface area contributed by atoms with Crippen LogP contribution in [0, 0.1) is 18.6 Å². The van der Waals surface area contributed by atoms with Crippen LogP contribution >= 0.6 is 11.8 Å². The molecule has 0 aromatic heterocycles. The number of nitrogens with two attached hydrogens (primary N) is 1. The van der Waals surface area contributed by atoms with Gasteiger partial charge in [0.2, 0.25) is 0 Å². The predicted molar refractivity (Wildman–Crippen MR) is 74.4 cm³/mol. The fraction of sp³-hybridized carbons (Fsp3) is 0.200. The van der Waals surface area contributed by atoms with Crippen LogP contribution in [0.15, 0.2) is 46.2 Å². The number of hydrogen-bond acceptors (Lipinski definition) is 2. The van der Waals surface area contributed by atoms with Gasteiger partial charge in [0, 0.05) is 4.90 Å². The Labute approximate surface area is 115 Å². The van der Waals surface area contributed by atoms with Gasteiger partial charge in [-0.25, -0.2) is 8.78 Å². The third kappa shape index (κ3) is 3.55. The summed E-state index contributed by atoms with van der Waals surface area (Å²) < 4.78 is 27.8. The van der Waals surface area contributed by atoms with Gasteiger partial charge in [-0.2, -0.15) is 0 Å². The Kier molecular flexibility index (Phi) is 4.56. The van der Waals surface area contributed by atoms with E-state index in [1.54, 1.807) is 0 Å². The second-order valence-corrected chi connectivity index (χ2v) is 5.43. The van der Waals surface area contributed by atoms with E-state index in [2.05, 4.69) is 0 Å². The maximum atomic E-state index is 13.9. The SMILES string of the molecule is Cc1cccc(Sc2c(F)cc(CCN)cc2F)c1. The van der Waals surface area contributed by atoms with E-state index in [1.165, 1.54) is 12.1 Å². The maximum Gasteiger partial charge on any atom is 0.140 e. The topological polar surface area (TPSA) is 26.0 Å². The van der Waals surface area contributed by atoms with E-state index in [4.69, 9.17) is 5.73 Å². The monoisotopic (exact) mass is 279 g/mol. The maximum absolute atomic E-state index is 13.9. The van der Waals surface area contributed by atoms with Gasteiger partial charge in [0.15, 0.2) is 0 Å². The van der Waals surface area contributed by atoms with Gasteiger partial charge in [0.1, 0.15) is 11.6 Å². The second kappa shape index (κ2) is 6.17. The molecule has 2 N–H and O–H groups in total. The second-order valence-electron chi connectivity index (χ2n) is 4.35. The molecule has 0 unspecified atom stereocenters. The van der Waals surface area contributed by atoms with Gasteiger partial charge in [-0.05, 0) is 49.7 Å². The molecule has 0 radical (unpaired) electrons. The third-order valence-corrected chi connectivity index (χ3v) is 3.78. The van der Waals surface area contributed by atoms with E-state index in [1.807, 2.05) is 31.2 Å². The summed E-state index contributed by atoms with van der Waals surface area (Å²) in [7, 11) is 0. The smallest absolute Gasteiger partial charge is 0.140 e. The largest absolute Gasteiger partial charge is 0.330 e. The molecule has 0 aliphatic rings. The number of benzene rings is 2. The molecule has 0 bridgehead atoms. The van der Waals surface area contributed by atoms with Crippen molar-refractivity contribution < 1.29 is 8.78 Å². The summed E-state index contributed by atoms with van der Waals surface area (Å²) >= 11 is 1.10. The number of aryl methyl sites for hydroxylation is 1. The zero-order chi connectivity index (χ0) is 13.8. The summed E-state index contributed by atoms with van der Waals surface area (Å²) in [6.07, 6.45) is 0.475. The minimum atomic E-state index is -0.532. The molecule has 1 nitrogen and oxygen atoms in total. The van der Waals surface area contributed by atoms with Gasteiger partial charge >= 0.3 is 0 Å². The molecule has 0 heterocycles. The average Bonchev–Trinajstić information content (AvgIpc) is 2.34. The molecule has 2 aromatic carbocycles. The van der Waals surface area contributed by atoms with Crippen LogP contribution in [0.4, 0.5) is 8.78 Å². The first-order valence-electron chi connectivity index (χ1n) is 6.02. The first kappa shape index (κ1) is 14.0. The van der Waals surface area contributed by atoms with E-state index in [-0.39, 0.29) is 4.90 Å². The number of hydrogen-bond donors (Lipinski definition) is 1. The Morgan fingerprint density at radius 1 is 1.11 bits per heavy atom. The van der Waals surface area contributed by atoms with Gasteiger partial charge < -0.3 is 5.73 Å². The highest BCUT2D eigenvalue weighted by molar-refractivity contribution is 7.99. The normalized spacial score (nSPS) is 10.7. The Hall–Kier alpha value is -1.39. The van der Waals surface area contributed by atoms with Crippen LogP contribution in [0.2, 0.25) is 0 Å². The number of rotatable bonds is 4. The molecule has 0 fully saturated rings. The first-order chi connectivity index (χ1) is 9.10. The Morgan fingerprint density at radius 2 is 1.79 bits per heavy atom. The molecule has 2 rings (SSSR count). The van der Waals surface area contributed by atoms with Gasteiger partial charge in [-0.3, -0.25) is 0 Å². The van der Waals surface area contributed by atoms with Crippen LogP contribution in [0.3, 0.4) is 0 Å². The van der Waals surface area contributed by atoms with Gasteiger partial charge in [-0.1, -0.05) is 29.5 Å². The van der Waals surface area contributed by atoms with Crippen molar-refractivity contribution in [1.29, 1.82) is 0 Å². The van der Waals surface area contributed by atoms with Crippen LogP contribution in [0.25, 0.3) is 0 Å². The average molecular weight is 279 g/mol. The minimum Gasteiger partial charge on any atom is -0.330 e. The molecule has 100 valence electrons. The summed E-state index contributed by atoms with van der Waals surface area (Å²) in [5.41, 5.74) is 7.04. The molecule has 0 aliphatic carbocycles. The highest BCUT2D eigenvalue weighted by Crippen LogP contribution is 2.33. The molecule has 4 heteroatoms. The Balaban J connectivity index is 2.30. The van der Waals surface area contributed by atoms with E-state index < -0.39 is 11.6 Å². The lowest BCUT2D eigenvalue weighted by Crippen LogP contribution is -2.04. The molecular formula is C15H15F2NS. The fourth-order valence-electron chi connectivity index (χ4n) is 1.82. The molecule has 0 aliphatic heterocycles. The van der Waals surface area contributed by atoms with Crippen LogP contribution in [0.5, 0.6) is 0 Å². The first-order valence-corrected chi connectivity index (χ1v) is 6.84. The lowest BCUT2D eigenvalue weighted by Gasteiger charge is -2.08. The van der Waals surface area contributed by atoms with Crippen LogP contribution in [-0.4, -0.2) is 6.54 Å². The zero-order valence-electron chi connectivity index (χ0n) is 10.6. The molecule has 19 heavy (non-hydrogen) atoms. The van der Waals surface area contributed by atoms with Gasteiger partial charge in [0.05, 0.1) is 4.90 Å². The molecule has 2 aromatic rings. The third-order valence-electron chi connectivity index (χ3n) is 2.70. The summed E-state index contributed by atoms with van der Waals surface area (Å²) in [4.78, 5) is 0.857. The van der Waals surface area contributed by atoms with E-state index in [0.29, 0.717) is 18.5 Å². The van der Waals surface area contributed by atoms with Crippen molar-refractivity contribution in [2.24, 2.45) is 5.73 Å². The highest BCUT2D eigenvalue weighted by Gasteiger charge is 2.12. The van der Waals surface area contributed by atoms with Crippen molar-refractivity contribution in [2.45, 2.75) is 23.1 Å². The van der Waals surface area contributed by atoms with Crippen molar-refractivity contribution >= 4 is 11.8 Å². The molecule has 0 spiro atoms. The van der Waals surface area contributed by atoms with Crippen LogP contribution in [-0.2, 0) is 6.42 Å². The molecule has 0 saturated heterocycles. The predicted octanol–water partition coefficient (Wildman–Crippen LogP) is 3.93. The van der Waals surface area contributed by atoms with Crippen molar-refractivity contribution in [1.82, 2.24) is 0 Å². The standard InChI is InChI=1S/C15H15F2NS/c1-10-3-2-4-12(7-10)19-15-13(16)8-11(5-6-18)9-14(15)17/h2-4,7-9H,5-6,18H2,1H3. The van der Waals surface area contributed by atoms with Crippen molar-refractivity contribution in [3.8, 4) is 0 Å². The number of halogens is 2. The summed E-state index contributed by atoms with van der Waals surface area (Å²) in [5, 5.41) is 0. The molecule has 0 amide bonds. The van der Waals surface area contributed by atoms with Crippen molar-refractivity contribution in [2.75, 3.05) is 6.54 Å². The van der Waals surface area contributed by atoms with Gasteiger partial charge in [-0.15, -0.1) is 0 Å². The fourth-order valence-corrected chi connectivity index (χ4v) is 2.76. The van der Waals surface area contributed by atoms with Crippen LogP contribution in [0.1, 0.15) is 11.1 Å². The zero-order valence-corrected chi connectivity index (χ0v) is 11.4. The Bertz CT molecular complexity index is 561. The van der Waals surface area contributed by atoms with Crippen molar-refractivity contribution in [3.05, 3.63) is 59.2 Å². The van der Waals surface area contributed by atoms with Crippen molar-refractivity contribution in [3.63, 3.8) is 0 Å². The summed E-state index contributed by atoms with van der Waals surface area (Å²) in [6, 6.07) is 10.3. The van der Waals surface area contributed by atoms with Gasteiger partial charge in [0.25, 0.3) is 0 Å².